The van der Waals surface area contributed by atoms with Gasteiger partial charge in [0.25, 0.3) is 0 Å². The van der Waals surface area contributed by atoms with Gasteiger partial charge in [0, 0.05) is 33.1 Å². The van der Waals surface area contributed by atoms with Crippen molar-refractivity contribution >= 4 is 32.8 Å². The molecule has 2 aromatic heterocycles. The second-order valence-corrected chi connectivity index (χ2v) is 17.2. The van der Waals surface area contributed by atoms with E-state index in [2.05, 4.69) is 173 Å². The first-order chi connectivity index (χ1) is 27.7. The fourth-order valence-corrected chi connectivity index (χ4v) is 12.7. The van der Waals surface area contributed by atoms with Gasteiger partial charge in [-0.3, -0.25) is 4.57 Å². The normalized spacial score (nSPS) is 23.1. The number of imidazole rings is 1. The molecule has 0 amide bonds. The summed E-state index contributed by atoms with van der Waals surface area (Å²) in [6, 6.07) is 60.9. The molecule has 3 nitrogen and oxygen atoms in total. The smallest absolute Gasteiger partial charge is 0.145 e. The first-order valence-electron chi connectivity index (χ1n) is 20.6. The van der Waals surface area contributed by atoms with Crippen molar-refractivity contribution in [3.05, 3.63) is 175 Å². The van der Waals surface area contributed by atoms with Crippen molar-refractivity contribution in [2.45, 2.75) is 37.5 Å². The number of fused-ring (bicyclic) bond motifs is 7. The van der Waals surface area contributed by atoms with Crippen LogP contribution in [0.4, 0.5) is 0 Å². The third kappa shape index (κ3) is 4.10. The zero-order chi connectivity index (χ0) is 36.5. The Labute approximate surface area is 326 Å². The average molecular weight is 720 g/mol. The highest BCUT2D eigenvalue weighted by molar-refractivity contribution is 6.11. The molecule has 4 bridgehead atoms. The number of para-hydroxylation sites is 4. The molecule has 0 aliphatic heterocycles. The van der Waals surface area contributed by atoms with E-state index in [1.807, 2.05) is 0 Å². The van der Waals surface area contributed by atoms with E-state index in [4.69, 9.17) is 4.98 Å². The number of aromatic nitrogens is 3. The lowest BCUT2D eigenvalue weighted by atomic mass is 9.43. The highest BCUT2D eigenvalue weighted by Gasteiger charge is 2.61. The molecule has 4 saturated carbocycles. The molecule has 5 aliphatic rings. The molecule has 0 radical (unpaired) electrons. The van der Waals surface area contributed by atoms with Gasteiger partial charge in [-0.1, -0.05) is 109 Å². The largest absolute Gasteiger partial charge is 0.309 e. The minimum atomic E-state index is 0.168. The van der Waals surface area contributed by atoms with Gasteiger partial charge < -0.3 is 4.57 Å². The van der Waals surface area contributed by atoms with Crippen LogP contribution in [-0.4, -0.2) is 14.1 Å². The minimum absolute atomic E-state index is 0.168. The molecule has 3 heteroatoms. The first kappa shape index (κ1) is 31.1. The fourth-order valence-electron chi connectivity index (χ4n) is 12.7. The van der Waals surface area contributed by atoms with Crippen LogP contribution < -0.4 is 0 Å². The van der Waals surface area contributed by atoms with Gasteiger partial charge in [0.05, 0.1) is 22.1 Å². The third-order valence-electron chi connectivity index (χ3n) is 14.5. The zero-order valence-electron chi connectivity index (χ0n) is 31.3. The summed E-state index contributed by atoms with van der Waals surface area (Å²) < 4.78 is 4.73. The van der Waals surface area contributed by atoms with Gasteiger partial charge in [0.1, 0.15) is 5.82 Å². The maximum Gasteiger partial charge on any atom is 0.145 e. The molecular weight excluding hydrogens is 679 g/mol. The van der Waals surface area contributed by atoms with Crippen LogP contribution in [0.3, 0.4) is 0 Å². The molecule has 1 spiro atoms. The summed E-state index contributed by atoms with van der Waals surface area (Å²) in [7, 11) is 0. The van der Waals surface area contributed by atoms with E-state index in [1.165, 1.54) is 76.2 Å². The van der Waals surface area contributed by atoms with Crippen molar-refractivity contribution in [3.63, 3.8) is 0 Å². The van der Waals surface area contributed by atoms with Crippen LogP contribution in [-0.2, 0) is 5.41 Å². The first-order valence-corrected chi connectivity index (χ1v) is 20.6. The molecule has 9 aromatic rings. The quantitative estimate of drug-likeness (QED) is 0.178. The highest BCUT2D eigenvalue weighted by atomic mass is 15.1. The summed E-state index contributed by atoms with van der Waals surface area (Å²) in [5.74, 6) is 4.34. The summed E-state index contributed by atoms with van der Waals surface area (Å²) in [6.45, 7) is 0. The van der Waals surface area contributed by atoms with Crippen LogP contribution in [0.2, 0.25) is 0 Å². The predicted molar refractivity (Wildman–Crippen MR) is 230 cm³/mol. The van der Waals surface area contributed by atoms with E-state index in [0.29, 0.717) is 0 Å². The number of benzene rings is 7. The Balaban J connectivity index is 0.984. The van der Waals surface area contributed by atoms with Gasteiger partial charge in [-0.15, -0.1) is 0 Å². The lowest BCUT2D eigenvalue weighted by Gasteiger charge is -2.61. The van der Waals surface area contributed by atoms with E-state index in [9.17, 15) is 0 Å². The lowest BCUT2D eigenvalue weighted by molar-refractivity contribution is -0.0399. The van der Waals surface area contributed by atoms with Crippen LogP contribution >= 0.6 is 0 Å². The standard InChI is InChI=1S/C53H41N3/c1-2-13-39(14-3-1)56-50-23-9-7-21-47(50)54-52(56)36-12-10-15-40(31-36)55-48-22-8-5-16-42(48)44-32-35(24-25-49(44)55)41-18-11-20-46-51(41)43-17-4-6-19-45(43)53(46)37-27-33-26-34(29-37)30-38(53)28-33/h1-25,31-34,37-38H,26-30H2. The van der Waals surface area contributed by atoms with Crippen LogP contribution in [0.25, 0.3) is 77.9 Å². The van der Waals surface area contributed by atoms with Crippen molar-refractivity contribution in [1.29, 1.82) is 0 Å². The fraction of sp³-hybridized carbons (Fsp3) is 0.189. The molecule has 0 unspecified atom stereocenters. The van der Waals surface area contributed by atoms with Crippen LogP contribution in [0.15, 0.2) is 164 Å². The molecule has 7 aromatic carbocycles. The van der Waals surface area contributed by atoms with E-state index in [0.717, 1.165) is 57.5 Å². The second kappa shape index (κ2) is 11.4. The molecule has 268 valence electrons. The van der Waals surface area contributed by atoms with Crippen molar-refractivity contribution in [3.8, 4) is 45.0 Å². The Hall–Kier alpha value is -6.19. The minimum Gasteiger partial charge on any atom is -0.309 e. The maximum atomic E-state index is 5.21. The lowest BCUT2D eigenvalue weighted by Crippen LogP contribution is -2.55. The Morgan fingerprint density at radius 3 is 1.96 bits per heavy atom. The van der Waals surface area contributed by atoms with Gasteiger partial charge >= 0.3 is 0 Å². The summed E-state index contributed by atoms with van der Waals surface area (Å²) in [4.78, 5) is 5.21. The summed E-state index contributed by atoms with van der Waals surface area (Å²) in [5, 5.41) is 2.56. The summed E-state index contributed by atoms with van der Waals surface area (Å²) in [5.41, 5.74) is 16.9. The number of rotatable bonds is 4. The number of hydrogen-bond donors (Lipinski definition) is 0. The Kier molecular flexibility index (Phi) is 6.34. The SMILES string of the molecule is c1ccc(-n2c(-c3cccc(-n4c5ccccc5c5cc(-c6cccc7c6-c6ccccc6C76C7CC8CC(C7)CC6C8)ccc54)c3)nc3ccccc32)cc1. The third-order valence-corrected chi connectivity index (χ3v) is 14.5. The topological polar surface area (TPSA) is 22.8 Å². The van der Waals surface area contributed by atoms with Gasteiger partial charge in [-0.05, 0) is 144 Å². The maximum absolute atomic E-state index is 5.21. The van der Waals surface area contributed by atoms with Gasteiger partial charge in [0.15, 0.2) is 0 Å². The molecule has 2 heterocycles. The van der Waals surface area contributed by atoms with Crippen molar-refractivity contribution in [1.82, 2.24) is 14.1 Å². The van der Waals surface area contributed by atoms with E-state index in [1.54, 1.807) is 11.1 Å². The number of hydrogen-bond acceptors (Lipinski definition) is 1. The monoisotopic (exact) mass is 719 g/mol. The zero-order valence-corrected chi connectivity index (χ0v) is 31.3. The molecule has 0 atom stereocenters. The molecule has 0 N–H and O–H groups in total. The van der Waals surface area contributed by atoms with Crippen molar-refractivity contribution in [2.75, 3.05) is 0 Å². The van der Waals surface area contributed by atoms with Crippen LogP contribution in [0.5, 0.6) is 0 Å². The Morgan fingerprint density at radius 1 is 0.446 bits per heavy atom. The summed E-state index contributed by atoms with van der Waals surface area (Å²) in [6.07, 6.45) is 7.10. The molecule has 0 saturated heterocycles. The average Bonchev–Trinajstić information content (AvgIpc) is 3.90. The number of nitrogens with zero attached hydrogens (tertiary/aromatic N) is 3. The Bertz CT molecular complexity index is 3020. The van der Waals surface area contributed by atoms with Crippen molar-refractivity contribution < 1.29 is 0 Å². The highest BCUT2D eigenvalue weighted by Crippen LogP contribution is 2.70. The molecule has 4 fully saturated rings. The molecule has 56 heavy (non-hydrogen) atoms. The molecule has 14 rings (SSSR count). The molecule has 5 aliphatic carbocycles. The van der Waals surface area contributed by atoms with Gasteiger partial charge in [0.2, 0.25) is 0 Å². The summed E-state index contributed by atoms with van der Waals surface area (Å²) >= 11 is 0. The Morgan fingerprint density at radius 2 is 1.11 bits per heavy atom. The van der Waals surface area contributed by atoms with Gasteiger partial charge in [-0.2, -0.15) is 0 Å². The van der Waals surface area contributed by atoms with Crippen LogP contribution in [0, 0.1) is 23.7 Å². The second-order valence-electron chi connectivity index (χ2n) is 17.2. The predicted octanol–water partition coefficient (Wildman–Crippen LogP) is 13.2. The van der Waals surface area contributed by atoms with E-state index < -0.39 is 0 Å². The van der Waals surface area contributed by atoms with E-state index in [-0.39, 0.29) is 5.41 Å². The van der Waals surface area contributed by atoms with Crippen molar-refractivity contribution in [2.24, 2.45) is 23.7 Å². The molecular formula is C53H41N3. The van der Waals surface area contributed by atoms with Crippen LogP contribution in [0.1, 0.15) is 43.2 Å². The van der Waals surface area contributed by atoms with Gasteiger partial charge in [-0.25, -0.2) is 4.98 Å². The van der Waals surface area contributed by atoms with E-state index >= 15 is 0 Å².